The normalized spacial score (nSPS) is 20.7. The molecule has 1 amide bonds. The Balaban J connectivity index is 2.56. The molecule has 0 aromatic heterocycles. The van der Waals surface area contributed by atoms with Crippen molar-refractivity contribution in [1.82, 2.24) is 4.90 Å². The number of piperidine rings is 1. The Labute approximate surface area is 103 Å². The van der Waals surface area contributed by atoms with Crippen molar-refractivity contribution in [3.63, 3.8) is 0 Å². The molecule has 1 fully saturated rings. The molecule has 4 nitrogen and oxygen atoms in total. The van der Waals surface area contributed by atoms with E-state index in [1.54, 1.807) is 0 Å². The van der Waals surface area contributed by atoms with Gasteiger partial charge in [0.1, 0.15) is 0 Å². The SMILES string of the molecule is CCCOC(=O)[C@H]1CCCN(C(=O)C(F)(F)F)C1. The second-order valence-corrected chi connectivity index (χ2v) is 4.26. The van der Waals surface area contributed by atoms with Crippen LogP contribution in [0.25, 0.3) is 0 Å². The first-order valence-electron chi connectivity index (χ1n) is 5.89. The number of hydrogen-bond donors (Lipinski definition) is 0. The summed E-state index contributed by atoms with van der Waals surface area (Å²) < 4.78 is 41.7. The Bertz CT molecular complexity index is 317. The van der Waals surface area contributed by atoms with E-state index >= 15 is 0 Å². The predicted octanol–water partition coefficient (Wildman–Crippen LogP) is 1.74. The number of ether oxygens (including phenoxy) is 1. The number of alkyl halides is 3. The van der Waals surface area contributed by atoms with Crippen molar-refractivity contribution in [2.24, 2.45) is 5.92 Å². The van der Waals surface area contributed by atoms with E-state index < -0.39 is 24.0 Å². The van der Waals surface area contributed by atoms with Gasteiger partial charge in [0.05, 0.1) is 12.5 Å². The van der Waals surface area contributed by atoms with Gasteiger partial charge in [-0.15, -0.1) is 0 Å². The van der Waals surface area contributed by atoms with Gasteiger partial charge in [0, 0.05) is 13.1 Å². The Kier molecular flexibility index (Phi) is 4.98. The summed E-state index contributed by atoms with van der Waals surface area (Å²) in [6.45, 7) is 1.91. The number of esters is 1. The van der Waals surface area contributed by atoms with Crippen LogP contribution < -0.4 is 0 Å². The van der Waals surface area contributed by atoms with Gasteiger partial charge in [-0.3, -0.25) is 9.59 Å². The fourth-order valence-electron chi connectivity index (χ4n) is 1.85. The quantitative estimate of drug-likeness (QED) is 0.732. The van der Waals surface area contributed by atoms with Gasteiger partial charge in [0.25, 0.3) is 0 Å². The summed E-state index contributed by atoms with van der Waals surface area (Å²) in [5, 5.41) is 0. The highest BCUT2D eigenvalue weighted by molar-refractivity contribution is 5.83. The number of nitrogens with zero attached hydrogens (tertiary/aromatic N) is 1. The third-order valence-corrected chi connectivity index (χ3v) is 2.73. The number of amides is 1. The molecular weight excluding hydrogens is 251 g/mol. The second kappa shape index (κ2) is 6.06. The van der Waals surface area contributed by atoms with E-state index in [1.807, 2.05) is 6.92 Å². The highest BCUT2D eigenvalue weighted by Crippen LogP contribution is 2.24. The highest BCUT2D eigenvalue weighted by atomic mass is 19.4. The first-order valence-corrected chi connectivity index (χ1v) is 5.89. The third kappa shape index (κ3) is 3.89. The molecule has 18 heavy (non-hydrogen) atoms. The van der Waals surface area contributed by atoms with Crippen LogP contribution in [0.1, 0.15) is 26.2 Å². The summed E-state index contributed by atoms with van der Waals surface area (Å²) in [4.78, 5) is 23.3. The average Bonchev–Trinajstić information content (AvgIpc) is 2.34. The summed E-state index contributed by atoms with van der Waals surface area (Å²) in [5.74, 6) is -3.04. The third-order valence-electron chi connectivity index (χ3n) is 2.73. The minimum Gasteiger partial charge on any atom is -0.465 e. The lowest BCUT2D eigenvalue weighted by atomic mass is 9.98. The van der Waals surface area contributed by atoms with Crippen LogP contribution in [0.5, 0.6) is 0 Å². The van der Waals surface area contributed by atoms with E-state index in [4.69, 9.17) is 4.74 Å². The molecule has 0 radical (unpaired) electrons. The largest absolute Gasteiger partial charge is 0.471 e. The molecular formula is C11H16F3NO3. The number of carbonyl (C=O) groups excluding carboxylic acids is 2. The summed E-state index contributed by atoms with van der Waals surface area (Å²) in [5.41, 5.74) is 0. The second-order valence-electron chi connectivity index (χ2n) is 4.26. The van der Waals surface area contributed by atoms with Crippen LogP contribution in [0.4, 0.5) is 13.2 Å². The molecule has 1 atom stereocenters. The predicted molar refractivity (Wildman–Crippen MR) is 56.6 cm³/mol. The Morgan fingerprint density at radius 2 is 2.06 bits per heavy atom. The summed E-state index contributed by atoms with van der Waals surface area (Å²) >= 11 is 0. The first-order chi connectivity index (χ1) is 8.36. The van der Waals surface area contributed by atoms with Gasteiger partial charge in [0.2, 0.25) is 0 Å². The lowest BCUT2D eigenvalue weighted by molar-refractivity contribution is -0.188. The summed E-state index contributed by atoms with van der Waals surface area (Å²) in [7, 11) is 0. The standard InChI is InChI=1S/C11H16F3NO3/c1-2-6-18-9(16)8-4-3-5-15(7-8)10(17)11(12,13)14/h8H,2-7H2,1H3/t8-/m0/s1. The first kappa shape index (κ1) is 14.8. The van der Waals surface area contributed by atoms with E-state index in [2.05, 4.69) is 0 Å². The minimum absolute atomic E-state index is 0.0376. The molecule has 104 valence electrons. The van der Waals surface area contributed by atoms with E-state index in [0.29, 0.717) is 24.2 Å². The van der Waals surface area contributed by atoms with Crippen LogP contribution in [0.2, 0.25) is 0 Å². The molecule has 1 heterocycles. The Morgan fingerprint density at radius 1 is 1.39 bits per heavy atom. The zero-order chi connectivity index (χ0) is 13.8. The van der Waals surface area contributed by atoms with Crippen molar-refractivity contribution in [3.05, 3.63) is 0 Å². The minimum atomic E-state index is -4.88. The molecule has 0 aromatic carbocycles. The average molecular weight is 267 g/mol. The van der Waals surface area contributed by atoms with E-state index in [0.717, 1.165) is 0 Å². The van der Waals surface area contributed by atoms with E-state index in [9.17, 15) is 22.8 Å². The van der Waals surface area contributed by atoms with Gasteiger partial charge in [-0.25, -0.2) is 0 Å². The van der Waals surface area contributed by atoms with E-state index in [-0.39, 0.29) is 19.7 Å². The van der Waals surface area contributed by atoms with Crippen molar-refractivity contribution in [3.8, 4) is 0 Å². The number of rotatable bonds is 3. The van der Waals surface area contributed by atoms with Crippen molar-refractivity contribution in [1.29, 1.82) is 0 Å². The maximum absolute atomic E-state index is 12.3. The van der Waals surface area contributed by atoms with Gasteiger partial charge >= 0.3 is 18.1 Å². The molecule has 0 unspecified atom stereocenters. The van der Waals surface area contributed by atoms with E-state index in [1.165, 1.54) is 0 Å². The molecule has 1 rings (SSSR count). The van der Waals surface area contributed by atoms with Crippen LogP contribution in [0.3, 0.4) is 0 Å². The maximum Gasteiger partial charge on any atom is 0.471 e. The topological polar surface area (TPSA) is 46.6 Å². The molecule has 0 N–H and O–H groups in total. The van der Waals surface area contributed by atoms with Crippen molar-refractivity contribution >= 4 is 11.9 Å². The Morgan fingerprint density at radius 3 is 2.61 bits per heavy atom. The lowest BCUT2D eigenvalue weighted by Crippen LogP contribution is -2.48. The molecule has 1 aliphatic rings. The number of halogens is 3. The zero-order valence-corrected chi connectivity index (χ0v) is 10.1. The van der Waals surface area contributed by atoms with Gasteiger partial charge in [-0.05, 0) is 19.3 Å². The van der Waals surface area contributed by atoms with Crippen LogP contribution in [0, 0.1) is 5.92 Å². The molecule has 0 saturated carbocycles. The monoisotopic (exact) mass is 267 g/mol. The van der Waals surface area contributed by atoms with Crippen LogP contribution in [-0.4, -0.2) is 42.6 Å². The van der Waals surface area contributed by atoms with Crippen molar-refractivity contribution in [2.45, 2.75) is 32.4 Å². The van der Waals surface area contributed by atoms with Gasteiger partial charge in [-0.2, -0.15) is 13.2 Å². The summed E-state index contributed by atoms with van der Waals surface area (Å²) in [6, 6.07) is 0. The van der Waals surface area contributed by atoms with Crippen LogP contribution in [0.15, 0.2) is 0 Å². The van der Waals surface area contributed by atoms with Crippen LogP contribution >= 0.6 is 0 Å². The lowest BCUT2D eigenvalue weighted by Gasteiger charge is -2.31. The molecule has 1 aliphatic heterocycles. The smallest absolute Gasteiger partial charge is 0.465 e. The zero-order valence-electron chi connectivity index (χ0n) is 10.1. The molecule has 1 saturated heterocycles. The molecule has 0 spiro atoms. The fourth-order valence-corrected chi connectivity index (χ4v) is 1.85. The summed E-state index contributed by atoms with van der Waals surface area (Å²) in [6.07, 6.45) is -3.38. The molecule has 0 aromatic rings. The molecule has 7 heteroatoms. The fraction of sp³-hybridized carbons (Fsp3) is 0.818. The number of hydrogen-bond acceptors (Lipinski definition) is 3. The number of carbonyl (C=O) groups is 2. The maximum atomic E-state index is 12.3. The van der Waals surface area contributed by atoms with Gasteiger partial charge in [0.15, 0.2) is 0 Å². The van der Waals surface area contributed by atoms with Gasteiger partial charge < -0.3 is 9.64 Å². The highest BCUT2D eigenvalue weighted by Gasteiger charge is 2.44. The molecule has 0 aliphatic carbocycles. The van der Waals surface area contributed by atoms with Crippen LogP contribution in [-0.2, 0) is 14.3 Å². The number of likely N-dealkylation sites (tertiary alicyclic amines) is 1. The Hall–Kier alpha value is -1.27. The van der Waals surface area contributed by atoms with Crippen molar-refractivity contribution in [2.75, 3.05) is 19.7 Å². The molecule has 0 bridgehead atoms. The van der Waals surface area contributed by atoms with Crippen molar-refractivity contribution < 1.29 is 27.5 Å². The van der Waals surface area contributed by atoms with Gasteiger partial charge in [-0.1, -0.05) is 6.92 Å².